The molecule has 1 aliphatic rings. The maximum Gasteiger partial charge on any atom is 0.272 e. The van der Waals surface area contributed by atoms with Gasteiger partial charge in [-0.15, -0.1) is 0 Å². The van der Waals surface area contributed by atoms with Gasteiger partial charge in [-0.2, -0.15) is 5.10 Å². The highest BCUT2D eigenvalue weighted by Gasteiger charge is 2.38. The van der Waals surface area contributed by atoms with Crippen molar-refractivity contribution in [3.63, 3.8) is 0 Å². The lowest BCUT2D eigenvalue weighted by molar-refractivity contribution is 0.0754. The average Bonchev–Trinajstić information content (AvgIpc) is 2.91. The van der Waals surface area contributed by atoms with E-state index >= 15 is 0 Å². The molecular formula is C13H22N4O4S. The number of amides is 1. The van der Waals surface area contributed by atoms with Crippen LogP contribution in [0.2, 0.25) is 0 Å². The third kappa shape index (κ3) is 3.31. The molecule has 0 unspecified atom stereocenters. The zero-order valence-electron chi connectivity index (χ0n) is 13.2. The molecule has 0 radical (unpaired) electrons. The van der Waals surface area contributed by atoms with Gasteiger partial charge in [0.05, 0.1) is 17.6 Å². The van der Waals surface area contributed by atoms with E-state index in [2.05, 4.69) is 5.10 Å². The van der Waals surface area contributed by atoms with Gasteiger partial charge in [-0.25, -0.2) is 12.7 Å². The number of sulfonamides is 1. The summed E-state index contributed by atoms with van der Waals surface area (Å²) >= 11 is 0. The highest BCUT2D eigenvalue weighted by atomic mass is 32.2. The Morgan fingerprint density at radius 3 is 2.59 bits per heavy atom. The first-order valence-corrected chi connectivity index (χ1v) is 8.61. The summed E-state index contributed by atoms with van der Waals surface area (Å²) in [6.07, 6.45) is -0.840. The molecule has 0 spiro atoms. The van der Waals surface area contributed by atoms with Crippen LogP contribution < -0.4 is 0 Å². The first-order valence-electron chi connectivity index (χ1n) is 7.00. The minimum atomic E-state index is -3.41. The molecule has 8 nitrogen and oxygen atoms in total. The first kappa shape index (κ1) is 16.9. The van der Waals surface area contributed by atoms with E-state index in [9.17, 15) is 18.3 Å². The standard InChI is InChI=1S/C13H22N4O4S/c1-9-5-11(16(4)14-9)13(19)17-6-10(12(18)7-17)8-22(20,21)15(2)3/h5,10,12,18H,6-8H2,1-4H3/t10-,12+/m0/s1. The lowest BCUT2D eigenvalue weighted by Crippen LogP contribution is -2.34. The van der Waals surface area contributed by atoms with Crippen LogP contribution in [-0.2, 0) is 17.1 Å². The minimum Gasteiger partial charge on any atom is -0.391 e. The summed E-state index contributed by atoms with van der Waals surface area (Å²) in [7, 11) is 1.18. The number of nitrogens with zero attached hydrogens (tertiary/aromatic N) is 4. The topological polar surface area (TPSA) is 95.7 Å². The van der Waals surface area contributed by atoms with Crippen LogP contribution in [0, 0.1) is 12.8 Å². The van der Waals surface area contributed by atoms with Crippen molar-refractivity contribution in [1.82, 2.24) is 19.0 Å². The molecule has 1 saturated heterocycles. The van der Waals surface area contributed by atoms with Crippen LogP contribution in [0.5, 0.6) is 0 Å². The largest absolute Gasteiger partial charge is 0.391 e. The van der Waals surface area contributed by atoms with Crippen molar-refractivity contribution in [2.24, 2.45) is 13.0 Å². The number of β-amino-alcohol motifs (C(OH)–C–C–N with tert-alkyl or cyclic N) is 1. The van der Waals surface area contributed by atoms with Crippen LogP contribution in [0.1, 0.15) is 16.2 Å². The fourth-order valence-electron chi connectivity index (χ4n) is 2.58. The number of aryl methyl sites for hydroxylation is 2. The number of likely N-dealkylation sites (tertiary alicyclic amines) is 1. The highest BCUT2D eigenvalue weighted by molar-refractivity contribution is 7.89. The Kier molecular flexibility index (Phi) is 4.59. The number of aliphatic hydroxyl groups is 1. The number of aliphatic hydroxyl groups excluding tert-OH is 1. The van der Waals surface area contributed by atoms with E-state index in [1.807, 2.05) is 0 Å². The minimum absolute atomic E-state index is 0.136. The molecule has 2 heterocycles. The SMILES string of the molecule is Cc1cc(C(=O)N2C[C@@H](CS(=O)(=O)N(C)C)[C@H](O)C2)n(C)n1. The Bertz CT molecular complexity index is 668. The summed E-state index contributed by atoms with van der Waals surface area (Å²) in [5, 5.41) is 14.2. The molecule has 1 N–H and O–H groups in total. The van der Waals surface area contributed by atoms with E-state index in [1.165, 1.54) is 23.7 Å². The van der Waals surface area contributed by atoms with Crippen LogP contribution in [0.15, 0.2) is 6.07 Å². The number of hydrogen-bond acceptors (Lipinski definition) is 5. The molecule has 1 amide bonds. The van der Waals surface area contributed by atoms with Crippen molar-refractivity contribution >= 4 is 15.9 Å². The lowest BCUT2D eigenvalue weighted by Gasteiger charge is -2.18. The van der Waals surface area contributed by atoms with Gasteiger partial charge in [0.15, 0.2) is 0 Å². The number of rotatable bonds is 4. The predicted octanol–water partition coefficient (Wildman–Crippen LogP) is -0.947. The summed E-state index contributed by atoms with van der Waals surface area (Å²) in [4.78, 5) is 13.9. The first-order chi connectivity index (χ1) is 10.1. The molecule has 1 aliphatic heterocycles. The monoisotopic (exact) mass is 330 g/mol. The molecule has 0 saturated carbocycles. The fraction of sp³-hybridized carbons (Fsp3) is 0.692. The van der Waals surface area contributed by atoms with E-state index < -0.39 is 22.0 Å². The van der Waals surface area contributed by atoms with E-state index in [0.717, 1.165) is 10.00 Å². The molecule has 9 heteroatoms. The van der Waals surface area contributed by atoms with E-state index in [-0.39, 0.29) is 24.7 Å². The molecule has 1 aromatic rings. The zero-order chi connectivity index (χ0) is 16.7. The molecule has 2 atom stereocenters. The third-order valence-electron chi connectivity index (χ3n) is 3.90. The van der Waals surface area contributed by atoms with Gasteiger partial charge in [0.2, 0.25) is 10.0 Å². The van der Waals surface area contributed by atoms with Gasteiger partial charge in [0.25, 0.3) is 5.91 Å². The Morgan fingerprint density at radius 1 is 1.45 bits per heavy atom. The molecule has 0 aromatic carbocycles. The summed E-state index contributed by atoms with van der Waals surface area (Å²) < 4.78 is 26.5. The van der Waals surface area contributed by atoms with Crippen molar-refractivity contribution in [2.75, 3.05) is 32.9 Å². The summed E-state index contributed by atoms with van der Waals surface area (Å²) in [6, 6.07) is 1.68. The van der Waals surface area contributed by atoms with Gasteiger partial charge >= 0.3 is 0 Å². The molecule has 0 aliphatic carbocycles. The summed E-state index contributed by atoms with van der Waals surface area (Å²) in [5.41, 5.74) is 1.16. The van der Waals surface area contributed by atoms with Crippen LogP contribution in [0.25, 0.3) is 0 Å². The second-order valence-electron chi connectivity index (χ2n) is 5.89. The third-order valence-corrected chi connectivity index (χ3v) is 5.86. The summed E-state index contributed by atoms with van der Waals surface area (Å²) in [6.45, 7) is 2.15. The van der Waals surface area contributed by atoms with Crippen molar-refractivity contribution in [1.29, 1.82) is 0 Å². The smallest absolute Gasteiger partial charge is 0.272 e. The predicted molar refractivity (Wildman–Crippen MR) is 80.8 cm³/mol. The molecular weight excluding hydrogens is 308 g/mol. The van der Waals surface area contributed by atoms with Crippen molar-refractivity contribution in [2.45, 2.75) is 13.0 Å². The normalized spacial score (nSPS) is 22.5. The van der Waals surface area contributed by atoms with Crippen molar-refractivity contribution < 1.29 is 18.3 Å². The Balaban J connectivity index is 2.11. The number of aromatic nitrogens is 2. The molecule has 0 bridgehead atoms. The Labute approximate surface area is 130 Å². The number of carbonyl (C=O) groups is 1. The van der Waals surface area contributed by atoms with E-state index in [1.54, 1.807) is 20.0 Å². The van der Waals surface area contributed by atoms with Crippen molar-refractivity contribution in [3.8, 4) is 0 Å². The second-order valence-corrected chi connectivity index (χ2v) is 8.12. The zero-order valence-corrected chi connectivity index (χ0v) is 14.0. The van der Waals surface area contributed by atoms with Crippen LogP contribution in [-0.4, -0.2) is 77.5 Å². The maximum absolute atomic E-state index is 12.5. The average molecular weight is 330 g/mol. The van der Waals surface area contributed by atoms with Gasteiger partial charge in [-0.3, -0.25) is 9.48 Å². The molecule has 124 valence electrons. The highest BCUT2D eigenvalue weighted by Crippen LogP contribution is 2.22. The van der Waals surface area contributed by atoms with Gasteiger partial charge < -0.3 is 10.0 Å². The molecule has 2 rings (SSSR count). The van der Waals surface area contributed by atoms with Gasteiger partial charge in [0, 0.05) is 40.2 Å². The van der Waals surface area contributed by atoms with Gasteiger partial charge in [0.1, 0.15) is 5.69 Å². The lowest BCUT2D eigenvalue weighted by atomic mass is 10.1. The Morgan fingerprint density at radius 2 is 2.09 bits per heavy atom. The second kappa shape index (κ2) is 5.98. The fourth-order valence-corrected chi connectivity index (χ4v) is 3.74. The van der Waals surface area contributed by atoms with Crippen molar-refractivity contribution in [3.05, 3.63) is 17.5 Å². The quantitative estimate of drug-likeness (QED) is 0.768. The van der Waals surface area contributed by atoms with Crippen LogP contribution in [0.4, 0.5) is 0 Å². The van der Waals surface area contributed by atoms with Gasteiger partial charge in [-0.05, 0) is 13.0 Å². The van der Waals surface area contributed by atoms with E-state index in [0.29, 0.717) is 5.69 Å². The van der Waals surface area contributed by atoms with Gasteiger partial charge in [-0.1, -0.05) is 0 Å². The number of carbonyl (C=O) groups excluding carboxylic acids is 1. The van der Waals surface area contributed by atoms with E-state index in [4.69, 9.17) is 0 Å². The van der Waals surface area contributed by atoms with Crippen LogP contribution >= 0.6 is 0 Å². The number of hydrogen-bond donors (Lipinski definition) is 1. The Hall–Kier alpha value is -1.45. The summed E-state index contributed by atoms with van der Waals surface area (Å²) in [5.74, 6) is -0.896. The molecule has 1 aromatic heterocycles. The molecule has 22 heavy (non-hydrogen) atoms. The maximum atomic E-state index is 12.5. The van der Waals surface area contributed by atoms with Crippen LogP contribution in [0.3, 0.4) is 0 Å². The molecule has 1 fully saturated rings.